The Morgan fingerprint density at radius 2 is 1.95 bits per heavy atom. The third kappa shape index (κ3) is 2.96. The molecule has 2 N–H and O–H groups in total. The first-order chi connectivity index (χ1) is 9.52. The summed E-state index contributed by atoms with van der Waals surface area (Å²) in [5.41, 5.74) is 8.14. The van der Waals surface area contributed by atoms with Gasteiger partial charge < -0.3 is 10.5 Å². The molecule has 0 heterocycles. The maximum Gasteiger partial charge on any atom is 0.131 e. The summed E-state index contributed by atoms with van der Waals surface area (Å²) in [7, 11) is 1.48. The fraction of sp³-hybridized carbons (Fsp3) is 0.250. The molecule has 0 fully saturated rings. The molecule has 0 aliphatic heterocycles. The summed E-state index contributed by atoms with van der Waals surface area (Å²) in [5.74, 6) is -0.253. The molecule has 0 radical (unpaired) electrons. The number of rotatable bonds is 4. The Bertz CT molecular complexity index is 613. The maximum absolute atomic E-state index is 13.9. The summed E-state index contributed by atoms with van der Waals surface area (Å²) in [6.07, 6.45) is 0.420. The largest absolute Gasteiger partial charge is 0.496 e. The van der Waals surface area contributed by atoms with Crippen LogP contribution in [-0.2, 0) is 6.42 Å². The van der Waals surface area contributed by atoms with Crippen LogP contribution in [0.5, 0.6) is 5.75 Å². The van der Waals surface area contributed by atoms with Crippen molar-refractivity contribution in [3.05, 3.63) is 64.7 Å². The molecule has 2 nitrogen and oxygen atoms in total. The highest BCUT2D eigenvalue weighted by Crippen LogP contribution is 2.29. The van der Waals surface area contributed by atoms with Crippen LogP contribution in [0, 0.1) is 18.6 Å². The van der Waals surface area contributed by atoms with Crippen molar-refractivity contribution >= 4 is 0 Å². The van der Waals surface area contributed by atoms with E-state index in [1.54, 1.807) is 18.2 Å². The lowest BCUT2D eigenvalue weighted by molar-refractivity contribution is 0.398. The summed E-state index contributed by atoms with van der Waals surface area (Å²) in [6.45, 7) is 1.81. The van der Waals surface area contributed by atoms with E-state index in [-0.39, 0.29) is 5.82 Å². The summed E-state index contributed by atoms with van der Waals surface area (Å²) in [6, 6.07) is 8.57. The molecule has 0 aliphatic carbocycles. The molecule has 0 aliphatic rings. The van der Waals surface area contributed by atoms with Gasteiger partial charge in [-0.3, -0.25) is 0 Å². The van der Waals surface area contributed by atoms with Gasteiger partial charge in [-0.15, -0.1) is 0 Å². The first kappa shape index (κ1) is 14.5. The van der Waals surface area contributed by atoms with E-state index >= 15 is 0 Å². The zero-order valence-corrected chi connectivity index (χ0v) is 11.5. The Morgan fingerprint density at radius 3 is 2.60 bits per heavy atom. The predicted molar refractivity (Wildman–Crippen MR) is 74.7 cm³/mol. The molecular formula is C16H17F2NO. The van der Waals surface area contributed by atoms with Crippen LogP contribution in [0.25, 0.3) is 0 Å². The average molecular weight is 277 g/mol. The number of aryl methyl sites for hydroxylation is 1. The highest BCUT2D eigenvalue weighted by atomic mass is 19.1. The van der Waals surface area contributed by atoms with Gasteiger partial charge in [0.05, 0.1) is 7.11 Å². The van der Waals surface area contributed by atoms with Gasteiger partial charge >= 0.3 is 0 Å². The molecule has 1 atom stereocenters. The molecule has 20 heavy (non-hydrogen) atoms. The first-order valence-electron chi connectivity index (χ1n) is 6.36. The standard InChI is InChI=1S/C16H17F2NO/c1-10-8-12(17)7-6-11(10)9-14(19)16-13(18)4-3-5-15(16)20-2/h3-8,14H,9,19H2,1-2H3. The van der Waals surface area contributed by atoms with Crippen LogP contribution in [0.15, 0.2) is 36.4 Å². The second kappa shape index (κ2) is 6.01. The third-order valence-electron chi connectivity index (χ3n) is 3.35. The van der Waals surface area contributed by atoms with Gasteiger partial charge in [0.2, 0.25) is 0 Å². The molecule has 4 heteroatoms. The second-order valence-electron chi connectivity index (χ2n) is 4.74. The summed E-state index contributed by atoms with van der Waals surface area (Å²) < 4.78 is 32.2. The highest BCUT2D eigenvalue weighted by molar-refractivity contribution is 5.39. The van der Waals surface area contributed by atoms with Gasteiger partial charge in [-0.25, -0.2) is 8.78 Å². The molecule has 0 amide bonds. The Morgan fingerprint density at radius 1 is 1.20 bits per heavy atom. The van der Waals surface area contributed by atoms with Crippen molar-refractivity contribution in [1.29, 1.82) is 0 Å². The number of methoxy groups -OCH3 is 1. The van der Waals surface area contributed by atoms with Crippen LogP contribution in [-0.4, -0.2) is 7.11 Å². The van der Waals surface area contributed by atoms with Crippen LogP contribution in [0.1, 0.15) is 22.7 Å². The van der Waals surface area contributed by atoms with Crippen molar-refractivity contribution in [3.8, 4) is 5.75 Å². The summed E-state index contributed by atoms with van der Waals surface area (Å²) in [4.78, 5) is 0. The second-order valence-corrected chi connectivity index (χ2v) is 4.74. The van der Waals surface area contributed by atoms with Gasteiger partial charge in [0.1, 0.15) is 17.4 Å². The Labute approximate surface area is 117 Å². The molecule has 1 unspecified atom stereocenters. The van der Waals surface area contributed by atoms with Crippen LogP contribution >= 0.6 is 0 Å². The Balaban J connectivity index is 2.30. The zero-order valence-electron chi connectivity index (χ0n) is 11.5. The zero-order chi connectivity index (χ0) is 14.7. The number of ether oxygens (including phenoxy) is 1. The summed E-state index contributed by atoms with van der Waals surface area (Å²) in [5, 5.41) is 0. The van der Waals surface area contributed by atoms with Gasteiger partial charge in [-0.1, -0.05) is 12.1 Å². The number of nitrogens with two attached hydrogens (primary N) is 1. The smallest absolute Gasteiger partial charge is 0.131 e. The number of hydrogen-bond donors (Lipinski definition) is 1. The number of benzene rings is 2. The molecule has 0 bridgehead atoms. The van der Waals surface area contributed by atoms with E-state index in [9.17, 15) is 8.78 Å². The number of hydrogen-bond acceptors (Lipinski definition) is 2. The molecule has 0 saturated heterocycles. The molecule has 0 spiro atoms. The summed E-state index contributed by atoms with van der Waals surface area (Å²) >= 11 is 0. The van der Waals surface area contributed by atoms with Crippen molar-refractivity contribution in [3.63, 3.8) is 0 Å². The molecule has 2 aromatic rings. The molecule has 106 valence electrons. The Hall–Kier alpha value is -1.94. The maximum atomic E-state index is 13.9. The molecule has 2 aromatic carbocycles. The minimum Gasteiger partial charge on any atom is -0.496 e. The van der Waals surface area contributed by atoms with Crippen LogP contribution in [0.2, 0.25) is 0 Å². The van der Waals surface area contributed by atoms with Gasteiger partial charge in [-0.05, 0) is 48.7 Å². The number of halogens is 2. The van der Waals surface area contributed by atoms with Gasteiger partial charge in [0, 0.05) is 11.6 Å². The molecule has 2 rings (SSSR count). The monoisotopic (exact) mass is 277 g/mol. The topological polar surface area (TPSA) is 35.2 Å². The fourth-order valence-electron chi connectivity index (χ4n) is 2.28. The van der Waals surface area contributed by atoms with Gasteiger partial charge in [0.15, 0.2) is 0 Å². The molecule has 0 aromatic heterocycles. The van der Waals surface area contributed by atoms with Crippen LogP contribution in [0.3, 0.4) is 0 Å². The lowest BCUT2D eigenvalue weighted by Gasteiger charge is -2.17. The lowest BCUT2D eigenvalue weighted by Crippen LogP contribution is -2.16. The van der Waals surface area contributed by atoms with E-state index in [1.807, 2.05) is 6.92 Å². The average Bonchev–Trinajstić information content (AvgIpc) is 2.41. The minimum absolute atomic E-state index is 0.289. The van der Waals surface area contributed by atoms with Gasteiger partial charge in [0.25, 0.3) is 0 Å². The van der Waals surface area contributed by atoms with Gasteiger partial charge in [-0.2, -0.15) is 0 Å². The van der Waals surface area contributed by atoms with Crippen molar-refractivity contribution in [2.45, 2.75) is 19.4 Å². The first-order valence-corrected chi connectivity index (χ1v) is 6.36. The van der Waals surface area contributed by atoms with E-state index in [4.69, 9.17) is 10.5 Å². The van der Waals surface area contributed by atoms with Crippen molar-refractivity contribution < 1.29 is 13.5 Å². The normalized spacial score (nSPS) is 12.2. The van der Waals surface area contributed by atoms with Crippen molar-refractivity contribution in [2.75, 3.05) is 7.11 Å². The highest BCUT2D eigenvalue weighted by Gasteiger charge is 2.18. The SMILES string of the molecule is COc1cccc(F)c1C(N)Cc1ccc(F)cc1C. The van der Waals surface area contributed by atoms with E-state index < -0.39 is 11.9 Å². The quantitative estimate of drug-likeness (QED) is 0.928. The predicted octanol–water partition coefficient (Wildman–Crippen LogP) is 3.52. The third-order valence-corrected chi connectivity index (χ3v) is 3.35. The molecular weight excluding hydrogens is 260 g/mol. The van der Waals surface area contributed by atoms with E-state index in [1.165, 1.54) is 25.3 Å². The lowest BCUT2D eigenvalue weighted by atomic mass is 9.95. The van der Waals surface area contributed by atoms with Crippen LogP contribution in [0.4, 0.5) is 8.78 Å². The fourth-order valence-corrected chi connectivity index (χ4v) is 2.28. The van der Waals surface area contributed by atoms with Crippen LogP contribution < -0.4 is 10.5 Å². The van der Waals surface area contributed by atoms with E-state index in [0.29, 0.717) is 17.7 Å². The van der Waals surface area contributed by atoms with E-state index in [2.05, 4.69) is 0 Å². The minimum atomic E-state index is -0.546. The van der Waals surface area contributed by atoms with Crippen molar-refractivity contribution in [1.82, 2.24) is 0 Å². The molecule has 0 saturated carbocycles. The van der Waals surface area contributed by atoms with E-state index in [0.717, 1.165) is 11.1 Å². The Kier molecular flexibility index (Phi) is 4.35. The van der Waals surface area contributed by atoms with Crippen molar-refractivity contribution in [2.24, 2.45) is 5.73 Å².